The number of rotatable bonds is 9. The van der Waals surface area contributed by atoms with Gasteiger partial charge in [-0.2, -0.15) is 0 Å². The molecule has 0 radical (unpaired) electrons. The predicted molar refractivity (Wildman–Crippen MR) is 138 cm³/mol. The summed E-state index contributed by atoms with van der Waals surface area (Å²) in [5.74, 6) is 0.124. The average molecular weight is 526 g/mol. The van der Waals surface area contributed by atoms with Crippen LogP contribution in [-0.2, 0) is 16.1 Å². The minimum atomic E-state index is -0.626. The Morgan fingerprint density at radius 2 is 1.74 bits per heavy atom. The number of nitrogens with zero attached hydrogens (tertiary/aromatic N) is 1. The van der Waals surface area contributed by atoms with Crippen molar-refractivity contribution in [2.75, 3.05) is 6.61 Å². The van der Waals surface area contributed by atoms with E-state index in [0.29, 0.717) is 27.2 Å². The first-order valence-electron chi connectivity index (χ1n) is 11.7. The van der Waals surface area contributed by atoms with Crippen LogP contribution in [0.2, 0.25) is 15.1 Å². The van der Waals surface area contributed by atoms with Gasteiger partial charge in [0.2, 0.25) is 5.91 Å². The van der Waals surface area contributed by atoms with Gasteiger partial charge in [0.15, 0.2) is 6.61 Å². The number of nitrogens with one attached hydrogen (secondary N) is 1. The van der Waals surface area contributed by atoms with Gasteiger partial charge in [0.05, 0.1) is 10.0 Å². The lowest BCUT2D eigenvalue weighted by molar-refractivity contribution is -0.143. The minimum Gasteiger partial charge on any atom is -0.484 e. The zero-order valence-electron chi connectivity index (χ0n) is 19.6. The molecule has 0 heterocycles. The van der Waals surface area contributed by atoms with E-state index in [1.807, 2.05) is 19.9 Å². The molecule has 1 N–H and O–H groups in total. The second-order valence-electron chi connectivity index (χ2n) is 8.74. The third-order valence-electron chi connectivity index (χ3n) is 6.17. The summed E-state index contributed by atoms with van der Waals surface area (Å²) in [6.45, 7) is 3.80. The lowest BCUT2D eigenvalue weighted by Crippen LogP contribution is -2.52. The number of hydrogen-bond donors (Lipinski definition) is 1. The molecule has 184 valence electrons. The van der Waals surface area contributed by atoms with Crippen LogP contribution in [0.4, 0.5) is 0 Å². The second-order valence-corrected chi connectivity index (χ2v) is 9.96. The Kier molecular flexibility index (Phi) is 9.93. The Labute approximate surface area is 216 Å². The van der Waals surface area contributed by atoms with Crippen molar-refractivity contribution in [3.63, 3.8) is 0 Å². The molecule has 34 heavy (non-hydrogen) atoms. The summed E-state index contributed by atoms with van der Waals surface area (Å²) in [6.07, 6.45) is 5.85. The second kappa shape index (κ2) is 12.7. The third kappa shape index (κ3) is 7.27. The van der Waals surface area contributed by atoms with Crippen molar-refractivity contribution in [3.8, 4) is 5.75 Å². The van der Waals surface area contributed by atoms with Gasteiger partial charge in [-0.1, -0.05) is 67.1 Å². The predicted octanol–water partition coefficient (Wildman–Crippen LogP) is 6.59. The molecule has 0 aromatic heterocycles. The fraction of sp³-hybridized carbons (Fsp3) is 0.462. The summed E-state index contributed by atoms with van der Waals surface area (Å²) in [6, 6.07) is 9.99. The molecule has 2 amide bonds. The van der Waals surface area contributed by atoms with Crippen molar-refractivity contribution in [1.82, 2.24) is 10.2 Å². The zero-order chi connectivity index (χ0) is 24.7. The van der Waals surface area contributed by atoms with Crippen molar-refractivity contribution in [1.29, 1.82) is 0 Å². The number of benzene rings is 2. The molecule has 3 rings (SSSR count). The van der Waals surface area contributed by atoms with E-state index >= 15 is 0 Å². The largest absolute Gasteiger partial charge is 0.484 e. The van der Waals surface area contributed by atoms with Gasteiger partial charge in [0, 0.05) is 17.6 Å². The van der Waals surface area contributed by atoms with Gasteiger partial charge in [0.25, 0.3) is 5.91 Å². The van der Waals surface area contributed by atoms with Crippen LogP contribution in [0.15, 0.2) is 36.4 Å². The summed E-state index contributed by atoms with van der Waals surface area (Å²) < 4.78 is 5.76. The maximum absolute atomic E-state index is 13.4. The van der Waals surface area contributed by atoms with E-state index in [2.05, 4.69) is 5.32 Å². The van der Waals surface area contributed by atoms with Crippen LogP contribution in [0, 0.1) is 6.92 Å². The molecule has 0 spiro atoms. The fourth-order valence-corrected chi connectivity index (χ4v) is 4.67. The van der Waals surface area contributed by atoms with Gasteiger partial charge < -0.3 is 15.0 Å². The van der Waals surface area contributed by atoms with Crippen LogP contribution in [-0.4, -0.2) is 35.4 Å². The van der Waals surface area contributed by atoms with Crippen molar-refractivity contribution in [2.24, 2.45) is 0 Å². The Bertz CT molecular complexity index is 1010. The highest BCUT2D eigenvalue weighted by molar-refractivity contribution is 6.42. The van der Waals surface area contributed by atoms with E-state index < -0.39 is 6.04 Å². The Morgan fingerprint density at radius 1 is 1.03 bits per heavy atom. The Balaban J connectivity index is 1.78. The number of aryl methyl sites for hydroxylation is 1. The van der Waals surface area contributed by atoms with Crippen LogP contribution in [0.1, 0.15) is 56.6 Å². The molecule has 5 nitrogen and oxygen atoms in total. The summed E-state index contributed by atoms with van der Waals surface area (Å²) in [4.78, 5) is 28.2. The Morgan fingerprint density at radius 3 is 2.38 bits per heavy atom. The fourth-order valence-electron chi connectivity index (χ4n) is 4.23. The molecule has 2 aromatic rings. The normalized spacial score (nSPS) is 15.0. The van der Waals surface area contributed by atoms with E-state index in [9.17, 15) is 9.59 Å². The molecular weight excluding hydrogens is 495 g/mol. The number of halogens is 3. The maximum atomic E-state index is 13.4. The van der Waals surface area contributed by atoms with Gasteiger partial charge in [-0.3, -0.25) is 9.59 Å². The summed E-state index contributed by atoms with van der Waals surface area (Å²) in [5, 5.41) is 4.63. The van der Waals surface area contributed by atoms with E-state index in [0.717, 1.165) is 36.8 Å². The lowest BCUT2D eigenvalue weighted by Gasteiger charge is -2.32. The molecule has 1 saturated carbocycles. The molecule has 2 aromatic carbocycles. The highest BCUT2D eigenvalue weighted by atomic mass is 35.5. The van der Waals surface area contributed by atoms with Crippen LogP contribution < -0.4 is 10.1 Å². The average Bonchev–Trinajstić information content (AvgIpc) is 2.82. The molecule has 0 saturated heterocycles. The van der Waals surface area contributed by atoms with Gasteiger partial charge in [-0.05, 0) is 67.6 Å². The van der Waals surface area contributed by atoms with Crippen LogP contribution in [0.5, 0.6) is 5.75 Å². The van der Waals surface area contributed by atoms with Gasteiger partial charge >= 0.3 is 0 Å². The van der Waals surface area contributed by atoms with Gasteiger partial charge in [-0.15, -0.1) is 0 Å². The number of ether oxygens (including phenoxy) is 1. The van der Waals surface area contributed by atoms with Crippen molar-refractivity contribution in [3.05, 3.63) is 62.6 Å². The highest BCUT2D eigenvalue weighted by Gasteiger charge is 2.30. The topological polar surface area (TPSA) is 58.6 Å². The molecular formula is C26H31Cl3N2O3. The molecule has 1 fully saturated rings. The summed E-state index contributed by atoms with van der Waals surface area (Å²) in [7, 11) is 0. The summed E-state index contributed by atoms with van der Waals surface area (Å²) in [5.41, 5.74) is 1.64. The zero-order valence-corrected chi connectivity index (χ0v) is 21.8. The molecule has 1 aliphatic rings. The Hall–Kier alpha value is -1.95. The number of carbonyl (C=O) groups excluding carboxylic acids is 2. The number of carbonyl (C=O) groups is 2. The van der Waals surface area contributed by atoms with E-state index in [4.69, 9.17) is 39.5 Å². The quantitative estimate of drug-likeness (QED) is 0.402. The maximum Gasteiger partial charge on any atom is 0.261 e. The SMILES string of the molecule is CC[C@H](C(=O)NC1CCCCC1)N(Cc1ccc(Cl)c(Cl)c1)C(=O)COc1ccc(Cl)c(C)c1. The molecule has 8 heteroatoms. The van der Waals surface area contributed by atoms with Crippen molar-refractivity contribution in [2.45, 2.75) is 71.0 Å². The van der Waals surface area contributed by atoms with Crippen LogP contribution in [0.3, 0.4) is 0 Å². The van der Waals surface area contributed by atoms with Crippen molar-refractivity contribution < 1.29 is 14.3 Å². The number of amides is 2. The van der Waals surface area contributed by atoms with E-state index in [1.165, 1.54) is 6.42 Å². The first-order chi connectivity index (χ1) is 16.3. The summed E-state index contributed by atoms with van der Waals surface area (Å²) >= 11 is 18.4. The monoisotopic (exact) mass is 524 g/mol. The molecule has 0 unspecified atom stereocenters. The minimum absolute atomic E-state index is 0.134. The standard InChI is InChI=1S/C26H31Cl3N2O3/c1-3-24(26(33)30-19-7-5-4-6-8-19)31(15-18-9-11-22(28)23(29)14-18)25(32)16-34-20-10-12-21(27)17(2)13-20/h9-14,19,24H,3-8,15-16H2,1-2H3,(H,30,33)/t24-/m1/s1. The highest BCUT2D eigenvalue weighted by Crippen LogP contribution is 2.25. The van der Waals surface area contributed by atoms with Crippen LogP contribution in [0.25, 0.3) is 0 Å². The smallest absolute Gasteiger partial charge is 0.261 e. The van der Waals surface area contributed by atoms with Gasteiger partial charge in [-0.25, -0.2) is 0 Å². The van der Waals surface area contributed by atoms with Gasteiger partial charge in [0.1, 0.15) is 11.8 Å². The molecule has 1 aliphatic carbocycles. The first kappa shape index (κ1) is 26.7. The van der Waals surface area contributed by atoms with Crippen molar-refractivity contribution >= 4 is 46.6 Å². The molecule has 0 aliphatic heterocycles. The molecule has 0 bridgehead atoms. The van der Waals surface area contributed by atoms with E-state index in [1.54, 1.807) is 35.2 Å². The first-order valence-corrected chi connectivity index (χ1v) is 12.8. The molecule has 1 atom stereocenters. The van der Waals surface area contributed by atoms with E-state index in [-0.39, 0.29) is 31.0 Å². The lowest BCUT2D eigenvalue weighted by atomic mass is 9.95. The third-order valence-corrected chi connectivity index (χ3v) is 7.33. The number of hydrogen-bond acceptors (Lipinski definition) is 3. The van der Waals surface area contributed by atoms with Crippen LogP contribution >= 0.6 is 34.8 Å².